The minimum atomic E-state index is -1.23. The summed E-state index contributed by atoms with van der Waals surface area (Å²) in [6.45, 7) is 4.12. The summed E-state index contributed by atoms with van der Waals surface area (Å²) in [6, 6.07) is 3.22. The first kappa shape index (κ1) is 17.1. The van der Waals surface area contributed by atoms with E-state index in [0.717, 1.165) is 11.1 Å². The summed E-state index contributed by atoms with van der Waals surface area (Å²) >= 11 is 1.50. The Labute approximate surface area is 137 Å². The van der Waals surface area contributed by atoms with Gasteiger partial charge in [-0.1, -0.05) is 0 Å². The number of benzene rings is 1. The van der Waals surface area contributed by atoms with E-state index in [1.165, 1.54) is 23.5 Å². The molecule has 23 heavy (non-hydrogen) atoms. The summed E-state index contributed by atoms with van der Waals surface area (Å²) < 4.78 is 14.1. The van der Waals surface area contributed by atoms with Crippen molar-refractivity contribution in [3.8, 4) is 0 Å². The number of hydrogen-bond donors (Lipinski definition) is 1. The second-order valence-electron chi connectivity index (χ2n) is 5.27. The molecule has 7 heteroatoms. The van der Waals surface area contributed by atoms with Gasteiger partial charge in [0.2, 0.25) is 0 Å². The number of aromatic nitrogens is 1. The van der Waals surface area contributed by atoms with Gasteiger partial charge in [-0.15, -0.1) is 11.3 Å². The lowest BCUT2D eigenvalue weighted by atomic mass is 10.1. The maximum atomic E-state index is 14.1. The molecule has 1 N–H and O–H groups in total. The number of amides is 1. The highest BCUT2D eigenvalue weighted by Crippen LogP contribution is 2.16. The minimum absolute atomic E-state index is 0.110. The lowest BCUT2D eigenvalue weighted by molar-refractivity contribution is 0.0683. The van der Waals surface area contributed by atoms with E-state index in [2.05, 4.69) is 4.98 Å². The van der Waals surface area contributed by atoms with Crippen molar-refractivity contribution in [1.29, 1.82) is 0 Å². The summed E-state index contributed by atoms with van der Waals surface area (Å²) in [6.07, 6.45) is 2.29. The van der Waals surface area contributed by atoms with Gasteiger partial charge in [0.1, 0.15) is 5.82 Å². The first-order valence-electron chi connectivity index (χ1n) is 7.12. The van der Waals surface area contributed by atoms with Crippen LogP contribution in [0.25, 0.3) is 0 Å². The highest BCUT2D eigenvalue weighted by atomic mass is 32.1. The lowest BCUT2D eigenvalue weighted by Crippen LogP contribution is -2.39. The van der Waals surface area contributed by atoms with Crippen LogP contribution in [0.4, 0.5) is 4.39 Å². The Kier molecular flexibility index (Phi) is 5.44. The third kappa shape index (κ3) is 4.13. The molecule has 1 aromatic carbocycles. The quantitative estimate of drug-likeness (QED) is 0.880. The van der Waals surface area contributed by atoms with Gasteiger partial charge in [0.25, 0.3) is 5.91 Å². The summed E-state index contributed by atoms with van der Waals surface area (Å²) in [5, 5.41) is 11.6. The van der Waals surface area contributed by atoms with Crippen LogP contribution in [0.2, 0.25) is 0 Å². The lowest BCUT2D eigenvalue weighted by Gasteiger charge is -2.26. The normalized spacial score (nSPS) is 10.8. The molecule has 0 radical (unpaired) electrons. The number of thiazole rings is 1. The van der Waals surface area contributed by atoms with Crippen LogP contribution in [0.1, 0.15) is 39.6 Å². The van der Waals surface area contributed by atoms with Crippen LogP contribution < -0.4 is 0 Å². The second-order valence-corrected chi connectivity index (χ2v) is 6.25. The van der Waals surface area contributed by atoms with Crippen LogP contribution in [-0.2, 0) is 6.42 Å². The molecule has 0 spiro atoms. The molecule has 1 aromatic heterocycles. The predicted octanol–water partition coefficient (Wildman–Crippen LogP) is 3.07. The van der Waals surface area contributed by atoms with Gasteiger partial charge in [-0.05, 0) is 32.0 Å². The molecule has 122 valence electrons. The van der Waals surface area contributed by atoms with E-state index < -0.39 is 17.7 Å². The SMILES string of the molecule is CC(C)N(CCc1nccs1)C(=O)c1ccc(C(=O)O)cc1F. The summed E-state index contributed by atoms with van der Waals surface area (Å²) in [5.74, 6) is -2.51. The first-order valence-corrected chi connectivity index (χ1v) is 8.00. The van der Waals surface area contributed by atoms with Crippen LogP contribution in [0, 0.1) is 5.82 Å². The molecule has 1 amide bonds. The van der Waals surface area contributed by atoms with Crippen LogP contribution >= 0.6 is 11.3 Å². The molecule has 0 aliphatic heterocycles. The number of halogens is 1. The summed E-state index contributed by atoms with van der Waals surface area (Å²) in [4.78, 5) is 29.1. The fourth-order valence-corrected chi connectivity index (χ4v) is 2.77. The number of aromatic carboxylic acids is 1. The summed E-state index contributed by atoms with van der Waals surface area (Å²) in [7, 11) is 0. The van der Waals surface area contributed by atoms with Crippen molar-refractivity contribution in [3.05, 3.63) is 51.7 Å². The number of nitrogens with zero attached hydrogens (tertiary/aromatic N) is 2. The van der Waals surface area contributed by atoms with E-state index >= 15 is 0 Å². The van der Waals surface area contributed by atoms with Gasteiger partial charge in [0.05, 0.1) is 16.1 Å². The molecule has 0 saturated carbocycles. The molecule has 1 heterocycles. The zero-order chi connectivity index (χ0) is 17.0. The van der Waals surface area contributed by atoms with Crippen molar-refractivity contribution in [3.63, 3.8) is 0 Å². The number of rotatable bonds is 6. The topological polar surface area (TPSA) is 70.5 Å². The molecule has 5 nitrogen and oxygen atoms in total. The van der Waals surface area contributed by atoms with E-state index in [-0.39, 0.29) is 17.2 Å². The largest absolute Gasteiger partial charge is 0.478 e. The molecule has 2 aromatic rings. The zero-order valence-corrected chi connectivity index (χ0v) is 13.6. The standard InChI is InChI=1S/C16H17FN2O3S/c1-10(2)19(7-5-14-18-6-8-23-14)15(20)12-4-3-11(16(21)22)9-13(12)17/h3-4,6,8-10H,5,7H2,1-2H3,(H,21,22). The Bertz CT molecular complexity index is 701. The number of carbonyl (C=O) groups excluding carboxylic acids is 1. The average Bonchev–Trinajstić information content (AvgIpc) is 3.00. The number of carboxylic acids is 1. The predicted molar refractivity (Wildman–Crippen MR) is 85.3 cm³/mol. The third-order valence-electron chi connectivity index (χ3n) is 3.38. The number of carbonyl (C=O) groups is 2. The first-order chi connectivity index (χ1) is 10.9. The Morgan fingerprint density at radius 1 is 1.39 bits per heavy atom. The Morgan fingerprint density at radius 2 is 2.13 bits per heavy atom. The molecular weight excluding hydrogens is 319 g/mol. The van der Waals surface area contributed by atoms with Gasteiger partial charge in [-0.2, -0.15) is 0 Å². The highest BCUT2D eigenvalue weighted by molar-refractivity contribution is 7.09. The molecule has 0 aliphatic rings. The van der Waals surface area contributed by atoms with Gasteiger partial charge >= 0.3 is 5.97 Å². The highest BCUT2D eigenvalue weighted by Gasteiger charge is 2.22. The van der Waals surface area contributed by atoms with Crippen molar-refractivity contribution >= 4 is 23.2 Å². The average molecular weight is 336 g/mol. The molecule has 0 saturated heterocycles. The number of carboxylic acid groups (broad SMARTS) is 1. The van der Waals surface area contributed by atoms with E-state index in [1.54, 1.807) is 11.1 Å². The second kappa shape index (κ2) is 7.32. The van der Waals surface area contributed by atoms with Crippen molar-refractivity contribution in [2.75, 3.05) is 6.54 Å². The molecule has 0 fully saturated rings. The van der Waals surface area contributed by atoms with E-state index in [9.17, 15) is 14.0 Å². The van der Waals surface area contributed by atoms with Gasteiger partial charge in [-0.25, -0.2) is 14.2 Å². The fraction of sp³-hybridized carbons (Fsp3) is 0.312. The van der Waals surface area contributed by atoms with Crippen molar-refractivity contribution in [2.45, 2.75) is 26.3 Å². The van der Waals surface area contributed by atoms with Crippen LogP contribution in [0.3, 0.4) is 0 Å². The van der Waals surface area contributed by atoms with E-state index in [1.807, 2.05) is 19.2 Å². The molecule has 0 atom stereocenters. The number of hydrogen-bond acceptors (Lipinski definition) is 4. The monoisotopic (exact) mass is 336 g/mol. The Balaban J connectivity index is 2.18. The van der Waals surface area contributed by atoms with Gasteiger partial charge in [-0.3, -0.25) is 4.79 Å². The molecular formula is C16H17FN2O3S. The van der Waals surface area contributed by atoms with Crippen molar-refractivity contribution in [2.24, 2.45) is 0 Å². The molecule has 2 rings (SSSR count). The maximum absolute atomic E-state index is 14.1. The minimum Gasteiger partial charge on any atom is -0.478 e. The van der Waals surface area contributed by atoms with E-state index in [0.29, 0.717) is 13.0 Å². The third-order valence-corrected chi connectivity index (χ3v) is 4.22. The van der Waals surface area contributed by atoms with Crippen LogP contribution in [0.5, 0.6) is 0 Å². The molecule has 0 bridgehead atoms. The molecule has 0 unspecified atom stereocenters. The maximum Gasteiger partial charge on any atom is 0.335 e. The van der Waals surface area contributed by atoms with Crippen LogP contribution in [0.15, 0.2) is 29.8 Å². The van der Waals surface area contributed by atoms with E-state index in [4.69, 9.17) is 5.11 Å². The van der Waals surface area contributed by atoms with Gasteiger partial charge in [0, 0.05) is 30.6 Å². The smallest absolute Gasteiger partial charge is 0.335 e. The van der Waals surface area contributed by atoms with Crippen LogP contribution in [-0.4, -0.2) is 39.5 Å². The van der Waals surface area contributed by atoms with Gasteiger partial charge in [0.15, 0.2) is 0 Å². The Morgan fingerprint density at radius 3 is 2.65 bits per heavy atom. The zero-order valence-electron chi connectivity index (χ0n) is 12.8. The Hall–Kier alpha value is -2.28. The van der Waals surface area contributed by atoms with Crippen molar-refractivity contribution < 1.29 is 19.1 Å². The van der Waals surface area contributed by atoms with Crippen molar-refractivity contribution in [1.82, 2.24) is 9.88 Å². The van der Waals surface area contributed by atoms with Gasteiger partial charge < -0.3 is 10.0 Å². The fourth-order valence-electron chi connectivity index (χ4n) is 2.16. The summed E-state index contributed by atoms with van der Waals surface area (Å²) in [5.41, 5.74) is -0.305. The molecule has 0 aliphatic carbocycles.